The van der Waals surface area contributed by atoms with E-state index in [2.05, 4.69) is 10.3 Å². The highest BCUT2D eigenvalue weighted by molar-refractivity contribution is 7.89. The number of hydrogen-bond donors (Lipinski definition) is 2. The molecule has 5 rings (SSSR count). The van der Waals surface area contributed by atoms with Crippen molar-refractivity contribution in [1.29, 1.82) is 0 Å². The molecular weight excluding hydrogens is 424 g/mol. The van der Waals surface area contributed by atoms with Gasteiger partial charge in [0.2, 0.25) is 16.0 Å². The molecule has 0 saturated heterocycles. The molecule has 0 aliphatic rings. The fraction of sp³-hybridized carbons (Fsp3) is 0. The van der Waals surface area contributed by atoms with Crippen LogP contribution in [0.15, 0.2) is 101 Å². The number of nitrogens with two attached hydrogens (primary N) is 1. The Kier molecular flexibility index (Phi) is 4.93. The van der Waals surface area contributed by atoms with Crippen LogP contribution < -0.4 is 10.5 Å². The minimum Gasteiger partial charge on any atom is -0.464 e. The molecule has 0 aliphatic carbocycles. The summed E-state index contributed by atoms with van der Waals surface area (Å²) in [4.78, 5) is 9.46. The van der Waals surface area contributed by atoms with Crippen LogP contribution in [0.4, 0.5) is 11.6 Å². The second-order valence-electron chi connectivity index (χ2n) is 7.17. The quantitative estimate of drug-likeness (QED) is 0.398. The van der Waals surface area contributed by atoms with Gasteiger partial charge in [-0.3, -0.25) is 0 Å². The van der Waals surface area contributed by atoms with Gasteiger partial charge in [-0.1, -0.05) is 30.3 Å². The molecule has 32 heavy (non-hydrogen) atoms. The number of benzene rings is 3. The van der Waals surface area contributed by atoms with Crippen LogP contribution in [0.3, 0.4) is 0 Å². The minimum atomic E-state index is -3.75. The summed E-state index contributed by atoms with van der Waals surface area (Å²) in [5.41, 5.74) is 4.06. The lowest BCUT2D eigenvalue weighted by Crippen LogP contribution is -2.11. The van der Waals surface area contributed by atoms with Gasteiger partial charge >= 0.3 is 0 Å². The molecule has 0 unspecified atom stereocenters. The zero-order chi connectivity index (χ0) is 22.1. The van der Waals surface area contributed by atoms with Crippen molar-refractivity contribution >= 4 is 32.6 Å². The molecule has 0 spiro atoms. The Labute approximate surface area is 184 Å². The predicted octanol–water partition coefficient (Wildman–Crippen LogP) is 4.95. The summed E-state index contributed by atoms with van der Waals surface area (Å²) in [6.07, 6.45) is 1.64. The fourth-order valence-corrected chi connectivity index (χ4v) is 3.97. The van der Waals surface area contributed by atoms with E-state index in [0.717, 1.165) is 33.5 Å². The number of nitrogens with zero attached hydrogens (tertiary/aromatic N) is 2. The summed E-state index contributed by atoms with van der Waals surface area (Å²) in [5.74, 6) is 1.16. The number of rotatable bonds is 5. The summed E-state index contributed by atoms with van der Waals surface area (Å²) in [6.45, 7) is 0. The van der Waals surface area contributed by atoms with E-state index in [1.165, 1.54) is 12.1 Å². The van der Waals surface area contributed by atoms with Crippen LogP contribution in [-0.2, 0) is 10.0 Å². The lowest BCUT2D eigenvalue weighted by atomic mass is 10.0. The molecule has 3 N–H and O–H groups in total. The van der Waals surface area contributed by atoms with Crippen molar-refractivity contribution in [2.75, 3.05) is 5.32 Å². The first-order chi connectivity index (χ1) is 15.5. The minimum absolute atomic E-state index is 0.0397. The molecule has 0 amide bonds. The van der Waals surface area contributed by atoms with E-state index in [1.54, 1.807) is 18.4 Å². The molecule has 0 aliphatic heterocycles. The molecule has 2 heterocycles. The Bertz CT molecular complexity index is 1500. The zero-order valence-corrected chi connectivity index (χ0v) is 17.6. The van der Waals surface area contributed by atoms with Crippen LogP contribution in [0.2, 0.25) is 0 Å². The van der Waals surface area contributed by atoms with Crippen molar-refractivity contribution in [3.63, 3.8) is 0 Å². The van der Waals surface area contributed by atoms with Crippen LogP contribution in [0, 0.1) is 0 Å². The number of fused-ring (bicyclic) bond motifs is 1. The van der Waals surface area contributed by atoms with E-state index in [0.29, 0.717) is 11.6 Å². The molecule has 0 saturated carbocycles. The Morgan fingerprint density at radius 3 is 2.28 bits per heavy atom. The van der Waals surface area contributed by atoms with Gasteiger partial charge in [-0.2, -0.15) is 0 Å². The SMILES string of the molecule is NS(=O)(=O)c1ccc(Nc2nc(-c3ccccc3)c3cc(-c4ccco4)ccc3n2)cc1. The van der Waals surface area contributed by atoms with E-state index >= 15 is 0 Å². The molecule has 0 fully saturated rings. The lowest BCUT2D eigenvalue weighted by Gasteiger charge is -2.12. The van der Waals surface area contributed by atoms with E-state index in [4.69, 9.17) is 14.5 Å². The fourth-order valence-electron chi connectivity index (χ4n) is 3.45. The second kappa shape index (κ2) is 7.92. The third-order valence-corrected chi connectivity index (χ3v) is 5.92. The van der Waals surface area contributed by atoms with Gasteiger partial charge in [-0.15, -0.1) is 0 Å². The predicted molar refractivity (Wildman–Crippen MR) is 124 cm³/mol. The summed E-state index contributed by atoms with van der Waals surface area (Å²) < 4.78 is 28.5. The van der Waals surface area contributed by atoms with E-state index in [-0.39, 0.29) is 4.90 Å². The third kappa shape index (κ3) is 3.96. The number of furan rings is 1. The number of nitrogens with one attached hydrogen (secondary N) is 1. The van der Waals surface area contributed by atoms with Crippen LogP contribution >= 0.6 is 0 Å². The molecule has 0 atom stereocenters. The van der Waals surface area contributed by atoms with Crippen LogP contribution in [0.25, 0.3) is 33.5 Å². The van der Waals surface area contributed by atoms with Gasteiger partial charge in [0.05, 0.1) is 22.4 Å². The van der Waals surface area contributed by atoms with E-state index in [9.17, 15) is 8.42 Å². The topological polar surface area (TPSA) is 111 Å². The number of anilines is 2. The molecule has 2 aromatic heterocycles. The van der Waals surface area contributed by atoms with Gasteiger partial charge < -0.3 is 9.73 Å². The summed E-state index contributed by atoms with van der Waals surface area (Å²) in [6, 6.07) is 25.6. The number of aromatic nitrogens is 2. The second-order valence-corrected chi connectivity index (χ2v) is 8.73. The van der Waals surface area contributed by atoms with Crippen molar-refractivity contribution in [3.05, 3.63) is 91.2 Å². The lowest BCUT2D eigenvalue weighted by molar-refractivity contribution is 0.582. The average molecular weight is 443 g/mol. The summed E-state index contributed by atoms with van der Waals surface area (Å²) in [5, 5.41) is 9.21. The number of hydrogen-bond acceptors (Lipinski definition) is 6. The maximum Gasteiger partial charge on any atom is 0.238 e. The van der Waals surface area contributed by atoms with Gasteiger partial charge in [-0.05, 0) is 54.6 Å². The van der Waals surface area contributed by atoms with Crippen LogP contribution in [0.5, 0.6) is 0 Å². The van der Waals surface area contributed by atoms with Gasteiger partial charge in [0.1, 0.15) is 5.76 Å². The van der Waals surface area contributed by atoms with Crippen molar-refractivity contribution in [3.8, 4) is 22.6 Å². The first-order valence-corrected chi connectivity index (χ1v) is 11.3. The third-order valence-electron chi connectivity index (χ3n) is 4.99. The van der Waals surface area contributed by atoms with Gasteiger partial charge in [0.25, 0.3) is 0 Å². The van der Waals surface area contributed by atoms with Crippen LogP contribution in [-0.4, -0.2) is 18.4 Å². The summed E-state index contributed by atoms with van der Waals surface area (Å²) in [7, 11) is -3.75. The van der Waals surface area contributed by atoms with Crippen molar-refractivity contribution in [2.45, 2.75) is 4.90 Å². The Balaban J connectivity index is 1.61. The molecule has 3 aromatic carbocycles. The molecule has 158 valence electrons. The number of primary sulfonamides is 1. The molecule has 0 radical (unpaired) electrons. The molecular formula is C24H18N4O3S. The Morgan fingerprint density at radius 1 is 0.812 bits per heavy atom. The van der Waals surface area contributed by atoms with Crippen LogP contribution in [0.1, 0.15) is 0 Å². The number of sulfonamides is 1. The summed E-state index contributed by atoms with van der Waals surface area (Å²) >= 11 is 0. The van der Waals surface area contributed by atoms with E-state index < -0.39 is 10.0 Å². The highest BCUT2D eigenvalue weighted by Crippen LogP contribution is 2.32. The highest BCUT2D eigenvalue weighted by atomic mass is 32.2. The first-order valence-electron chi connectivity index (χ1n) is 9.78. The molecule has 5 aromatic rings. The smallest absolute Gasteiger partial charge is 0.238 e. The monoisotopic (exact) mass is 442 g/mol. The van der Waals surface area contributed by atoms with Gasteiger partial charge in [-0.25, -0.2) is 23.5 Å². The van der Waals surface area contributed by atoms with Crippen molar-refractivity contribution in [2.24, 2.45) is 5.14 Å². The van der Waals surface area contributed by atoms with E-state index in [1.807, 2.05) is 60.7 Å². The van der Waals surface area contributed by atoms with Crippen molar-refractivity contribution in [1.82, 2.24) is 9.97 Å². The molecule has 8 heteroatoms. The average Bonchev–Trinajstić information content (AvgIpc) is 3.34. The molecule has 7 nitrogen and oxygen atoms in total. The highest BCUT2D eigenvalue weighted by Gasteiger charge is 2.13. The maximum atomic E-state index is 11.5. The standard InChI is InChI=1S/C24H18N4O3S/c25-32(29,30)19-11-9-18(10-12-19)26-24-27-21-13-8-17(22-7-4-14-31-22)15-20(21)23(28-24)16-5-2-1-3-6-16/h1-15H,(H2,25,29,30)(H,26,27,28). The Hall–Kier alpha value is -4.01. The largest absolute Gasteiger partial charge is 0.464 e. The maximum absolute atomic E-state index is 11.5. The first kappa shape index (κ1) is 19.9. The molecule has 0 bridgehead atoms. The Morgan fingerprint density at radius 2 is 1.59 bits per heavy atom. The zero-order valence-electron chi connectivity index (χ0n) is 16.8. The van der Waals surface area contributed by atoms with Gasteiger partial charge in [0, 0.05) is 22.2 Å². The van der Waals surface area contributed by atoms with Crippen molar-refractivity contribution < 1.29 is 12.8 Å². The van der Waals surface area contributed by atoms with Gasteiger partial charge in [0.15, 0.2) is 0 Å². The normalized spacial score (nSPS) is 11.5.